The van der Waals surface area contributed by atoms with E-state index in [0.29, 0.717) is 23.7 Å². The van der Waals surface area contributed by atoms with Crippen LogP contribution in [0.25, 0.3) is 22.3 Å². The molecule has 0 aromatic heterocycles. The fourth-order valence-corrected chi connectivity index (χ4v) is 5.29. The monoisotopic (exact) mass is 648 g/mol. The molecular weight excluding hydrogens is 611 g/mol. The topological polar surface area (TPSA) is 44.8 Å². The second kappa shape index (κ2) is 14.4. The van der Waals surface area contributed by atoms with Gasteiger partial charge in [-0.3, -0.25) is 4.79 Å². The summed E-state index contributed by atoms with van der Waals surface area (Å²) in [5.41, 5.74) is 5.34. The second-order valence-electron chi connectivity index (χ2n) is 9.92. The number of benzene rings is 4. The first-order chi connectivity index (χ1) is 19.5. The summed E-state index contributed by atoms with van der Waals surface area (Å²) in [7, 11) is 3.36. The summed E-state index contributed by atoms with van der Waals surface area (Å²) in [5.74, 6) is 2.98. The van der Waals surface area contributed by atoms with Crippen molar-refractivity contribution in [3.8, 4) is 39.5 Å². The third-order valence-electron chi connectivity index (χ3n) is 7.29. The van der Waals surface area contributed by atoms with E-state index in [2.05, 4.69) is 54.6 Å². The van der Waals surface area contributed by atoms with Crippen molar-refractivity contribution in [2.24, 2.45) is 5.92 Å². The van der Waals surface area contributed by atoms with Gasteiger partial charge in [0.15, 0.2) is 5.78 Å². The van der Waals surface area contributed by atoms with Gasteiger partial charge in [0, 0.05) is 16.7 Å². The molecule has 0 saturated heterocycles. The zero-order chi connectivity index (χ0) is 28.5. The molecule has 4 aromatic rings. The van der Waals surface area contributed by atoms with Gasteiger partial charge < -0.3 is 14.2 Å². The van der Waals surface area contributed by atoms with E-state index in [4.69, 9.17) is 14.2 Å². The lowest BCUT2D eigenvalue weighted by molar-refractivity contribution is 0.103. The van der Waals surface area contributed by atoms with Crippen LogP contribution in [-0.4, -0.2) is 26.6 Å². The molecule has 0 radical (unpaired) electrons. The van der Waals surface area contributed by atoms with Crippen LogP contribution in [0.3, 0.4) is 0 Å². The molecule has 208 valence electrons. The Hall–Kier alpha value is -3.32. The SMILES string of the molecule is CCCCC(CC)COc1ccc(C(=O)c2ccc(-c3ccc(-c4ccc(I)c(OC)c4)cc3OC)cc2)cc1. The molecule has 0 fully saturated rings. The normalized spacial score (nSPS) is 11.6. The molecular formula is C35H37IO4. The molecule has 4 rings (SSSR count). The summed E-state index contributed by atoms with van der Waals surface area (Å²) in [4.78, 5) is 13.2. The molecule has 0 amide bonds. The average molecular weight is 649 g/mol. The summed E-state index contributed by atoms with van der Waals surface area (Å²) in [5, 5.41) is 0. The molecule has 0 saturated carbocycles. The number of hydrogen-bond acceptors (Lipinski definition) is 4. The van der Waals surface area contributed by atoms with E-state index in [-0.39, 0.29) is 5.78 Å². The molecule has 4 nitrogen and oxygen atoms in total. The van der Waals surface area contributed by atoms with Crippen molar-refractivity contribution in [1.29, 1.82) is 0 Å². The quantitative estimate of drug-likeness (QED) is 0.107. The van der Waals surface area contributed by atoms with Crippen LogP contribution >= 0.6 is 22.6 Å². The number of hydrogen-bond donors (Lipinski definition) is 0. The van der Waals surface area contributed by atoms with E-state index in [1.807, 2.05) is 66.7 Å². The lowest BCUT2D eigenvalue weighted by atomic mass is 9.96. The highest BCUT2D eigenvalue weighted by Gasteiger charge is 2.13. The summed E-state index contributed by atoms with van der Waals surface area (Å²) in [6.45, 7) is 5.15. The smallest absolute Gasteiger partial charge is 0.193 e. The number of halogens is 1. The fourth-order valence-electron chi connectivity index (χ4n) is 4.73. The molecule has 0 aliphatic heterocycles. The van der Waals surface area contributed by atoms with Crippen LogP contribution < -0.4 is 14.2 Å². The van der Waals surface area contributed by atoms with Gasteiger partial charge in [-0.05, 0) is 94.1 Å². The molecule has 40 heavy (non-hydrogen) atoms. The van der Waals surface area contributed by atoms with E-state index >= 15 is 0 Å². The van der Waals surface area contributed by atoms with Crippen LogP contribution in [0.5, 0.6) is 17.2 Å². The maximum Gasteiger partial charge on any atom is 0.193 e. The summed E-state index contributed by atoms with van der Waals surface area (Å²) < 4.78 is 18.3. The van der Waals surface area contributed by atoms with Crippen LogP contribution in [0.1, 0.15) is 55.5 Å². The molecule has 0 N–H and O–H groups in total. The number of carbonyl (C=O) groups is 1. The summed E-state index contributed by atoms with van der Waals surface area (Å²) in [6, 6.07) is 27.5. The molecule has 0 aliphatic rings. The minimum atomic E-state index is -0.0116. The van der Waals surface area contributed by atoms with Crippen LogP contribution in [0.4, 0.5) is 0 Å². The Balaban J connectivity index is 1.46. The highest BCUT2D eigenvalue weighted by atomic mass is 127. The third kappa shape index (κ3) is 7.25. The van der Waals surface area contributed by atoms with Crippen LogP contribution in [0.15, 0.2) is 84.9 Å². The molecule has 0 heterocycles. The van der Waals surface area contributed by atoms with E-state index in [1.54, 1.807) is 14.2 Å². The molecule has 4 aromatic carbocycles. The largest absolute Gasteiger partial charge is 0.496 e. The Morgan fingerprint density at radius 2 is 1.32 bits per heavy atom. The minimum absolute atomic E-state index is 0.0116. The van der Waals surface area contributed by atoms with Crippen LogP contribution in [0.2, 0.25) is 0 Å². The van der Waals surface area contributed by atoms with E-state index in [0.717, 1.165) is 49.5 Å². The van der Waals surface area contributed by atoms with Gasteiger partial charge in [0.05, 0.1) is 24.4 Å². The Morgan fingerprint density at radius 1 is 0.750 bits per heavy atom. The zero-order valence-corrected chi connectivity index (χ0v) is 25.9. The number of carbonyl (C=O) groups excluding carboxylic acids is 1. The van der Waals surface area contributed by atoms with Crippen molar-refractivity contribution in [2.45, 2.75) is 39.5 Å². The average Bonchev–Trinajstić information content (AvgIpc) is 3.01. The van der Waals surface area contributed by atoms with Gasteiger partial charge in [-0.25, -0.2) is 0 Å². The van der Waals surface area contributed by atoms with Crippen molar-refractivity contribution in [3.05, 3.63) is 99.6 Å². The highest BCUT2D eigenvalue weighted by Crippen LogP contribution is 2.36. The minimum Gasteiger partial charge on any atom is -0.496 e. The van der Waals surface area contributed by atoms with Crippen LogP contribution in [0, 0.1) is 9.49 Å². The van der Waals surface area contributed by atoms with Gasteiger partial charge in [-0.15, -0.1) is 0 Å². The number of ether oxygens (including phenoxy) is 3. The van der Waals surface area contributed by atoms with Gasteiger partial charge in [-0.1, -0.05) is 75.6 Å². The van der Waals surface area contributed by atoms with Gasteiger partial charge in [0.25, 0.3) is 0 Å². The first-order valence-electron chi connectivity index (χ1n) is 13.9. The lowest BCUT2D eigenvalue weighted by Gasteiger charge is -2.15. The zero-order valence-electron chi connectivity index (χ0n) is 23.7. The van der Waals surface area contributed by atoms with Gasteiger partial charge in [0.1, 0.15) is 17.2 Å². The number of unbranched alkanes of at least 4 members (excludes halogenated alkanes) is 1. The first kappa shape index (κ1) is 29.7. The predicted octanol–water partition coefficient (Wildman–Crippen LogP) is 9.47. The van der Waals surface area contributed by atoms with Gasteiger partial charge in [-0.2, -0.15) is 0 Å². The van der Waals surface area contributed by atoms with E-state index in [9.17, 15) is 4.79 Å². The summed E-state index contributed by atoms with van der Waals surface area (Å²) in [6.07, 6.45) is 4.74. The maximum absolute atomic E-state index is 13.2. The number of methoxy groups -OCH3 is 2. The number of rotatable bonds is 13. The van der Waals surface area contributed by atoms with Crippen molar-refractivity contribution in [2.75, 3.05) is 20.8 Å². The Bertz CT molecular complexity index is 1410. The van der Waals surface area contributed by atoms with E-state index in [1.165, 1.54) is 19.3 Å². The Kier molecular flexibility index (Phi) is 10.6. The predicted molar refractivity (Wildman–Crippen MR) is 172 cm³/mol. The molecule has 5 heteroatoms. The van der Waals surface area contributed by atoms with E-state index < -0.39 is 0 Å². The molecule has 1 atom stereocenters. The fraction of sp³-hybridized carbons (Fsp3) is 0.286. The lowest BCUT2D eigenvalue weighted by Crippen LogP contribution is -2.11. The standard InChI is InChI=1S/C35H37IO4/c1-5-7-8-24(6-2)23-40-30-17-13-27(14-18-30)35(37)26-11-9-25(10-12-26)31-19-15-28(21-33(31)38-3)29-16-20-32(36)34(22-29)39-4/h9-22,24H,5-8,23H2,1-4H3. The molecule has 1 unspecified atom stereocenters. The van der Waals surface area contributed by atoms with Crippen LogP contribution in [-0.2, 0) is 0 Å². The summed E-state index contributed by atoms with van der Waals surface area (Å²) >= 11 is 2.27. The van der Waals surface area contributed by atoms with Crippen molar-refractivity contribution < 1.29 is 19.0 Å². The third-order valence-corrected chi connectivity index (χ3v) is 8.18. The first-order valence-corrected chi connectivity index (χ1v) is 14.9. The molecule has 0 aliphatic carbocycles. The second-order valence-corrected chi connectivity index (χ2v) is 11.1. The Morgan fingerprint density at radius 3 is 1.93 bits per heavy atom. The Labute approximate surface area is 251 Å². The maximum atomic E-state index is 13.2. The highest BCUT2D eigenvalue weighted by molar-refractivity contribution is 14.1. The number of ketones is 1. The van der Waals surface area contributed by atoms with Gasteiger partial charge >= 0.3 is 0 Å². The molecule has 0 spiro atoms. The van der Waals surface area contributed by atoms with Crippen molar-refractivity contribution >= 4 is 28.4 Å². The van der Waals surface area contributed by atoms with Crippen molar-refractivity contribution in [3.63, 3.8) is 0 Å². The van der Waals surface area contributed by atoms with Gasteiger partial charge in [0.2, 0.25) is 0 Å². The van der Waals surface area contributed by atoms with Crippen molar-refractivity contribution in [1.82, 2.24) is 0 Å². The molecule has 0 bridgehead atoms.